The highest BCUT2D eigenvalue weighted by Crippen LogP contribution is 1.96. The number of hydrazone groups is 1. The average Bonchev–Trinajstić information content (AvgIpc) is 2.36. The van der Waals surface area contributed by atoms with Crippen LogP contribution < -0.4 is 9.99 Å². The van der Waals surface area contributed by atoms with Crippen molar-refractivity contribution in [2.45, 2.75) is 26.7 Å². The van der Waals surface area contributed by atoms with E-state index in [9.17, 15) is 4.79 Å². The van der Waals surface area contributed by atoms with Crippen molar-refractivity contribution >= 4 is 12.1 Å². The van der Waals surface area contributed by atoms with Gasteiger partial charge in [0.2, 0.25) is 0 Å². The molecule has 1 aromatic heterocycles. The van der Waals surface area contributed by atoms with Gasteiger partial charge in [0, 0.05) is 12.3 Å². The van der Waals surface area contributed by atoms with Gasteiger partial charge in [0.25, 0.3) is 5.91 Å². The number of carbonyl (C=O) groups excluding carboxylic acids is 1. The summed E-state index contributed by atoms with van der Waals surface area (Å²) >= 11 is 0. The predicted molar refractivity (Wildman–Crippen MR) is 72.2 cm³/mol. The van der Waals surface area contributed by atoms with E-state index in [1.807, 2.05) is 30.8 Å². The van der Waals surface area contributed by atoms with E-state index in [0.29, 0.717) is 5.56 Å². The van der Waals surface area contributed by atoms with Crippen molar-refractivity contribution < 1.29 is 9.36 Å². The fourth-order valence-electron chi connectivity index (χ4n) is 1.40. The van der Waals surface area contributed by atoms with Crippen LogP contribution in [0.25, 0.3) is 0 Å². The van der Waals surface area contributed by atoms with Gasteiger partial charge in [-0.2, -0.15) is 5.10 Å². The molecule has 96 valence electrons. The summed E-state index contributed by atoms with van der Waals surface area (Å²) in [6, 6.07) is 3.58. The van der Waals surface area contributed by atoms with Crippen molar-refractivity contribution in [2.24, 2.45) is 12.1 Å². The summed E-state index contributed by atoms with van der Waals surface area (Å²) in [4.78, 5) is 11.7. The van der Waals surface area contributed by atoms with Crippen LogP contribution in [0.3, 0.4) is 0 Å². The lowest BCUT2D eigenvalue weighted by atomic mass is 10.2. The van der Waals surface area contributed by atoms with Crippen LogP contribution in [0.15, 0.2) is 41.3 Å². The Morgan fingerprint density at radius 1 is 1.56 bits per heavy atom. The summed E-state index contributed by atoms with van der Waals surface area (Å²) < 4.78 is 1.82. The third kappa shape index (κ3) is 4.91. The van der Waals surface area contributed by atoms with Gasteiger partial charge < -0.3 is 0 Å². The number of carbonyl (C=O) groups is 1. The molecule has 0 radical (unpaired) electrons. The molecule has 0 aliphatic carbocycles. The molecule has 1 rings (SSSR count). The first kappa shape index (κ1) is 14.1. The third-order valence-electron chi connectivity index (χ3n) is 2.39. The molecule has 0 aromatic carbocycles. The van der Waals surface area contributed by atoms with Crippen molar-refractivity contribution in [1.29, 1.82) is 0 Å². The van der Waals surface area contributed by atoms with E-state index in [0.717, 1.165) is 18.4 Å². The highest BCUT2D eigenvalue weighted by molar-refractivity contribution is 5.94. The number of unbranched alkanes of at least 4 members (excludes halogenated alkanes) is 1. The number of allylic oxidation sites excluding steroid dienone is 2. The van der Waals surface area contributed by atoms with Gasteiger partial charge in [0.05, 0.1) is 0 Å². The van der Waals surface area contributed by atoms with Crippen molar-refractivity contribution in [3.63, 3.8) is 0 Å². The summed E-state index contributed by atoms with van der Waals surface area (Å²) in [7, 11) is 1.87. The van der Waals surface area contributed by atoms with Crippen LogP contribution in [0.4, 0.5) is 0 Å². The van der Waals surface area contributed by atoms with Crippen LogP contribution in [0.1, 0.15) is 37.0 Å². The molecule has 0 saturated heterocycles. The number of pyridine rings is 1. The van der Waals surface area contributed by atoms with Crippen LogP contribution in [-0.4, -0.2) is 12.1 Å². The molecule has 0 unspecified atom stereocenters. The fourth-order valence-corrected chi connectivity index (χ4v) is 1.40. The van der Waals surface area contributed by atoms with Gasteiger partial charge in [-0.15, -0.1) is 0 Å². The molecule has 4 heteroatoms. The maximum Gasteiger partial charge on any atom is 0.277 e. The highest BCUT2D eigenvalue weighted by atomic mass is 16.2. The second kappa shape index (κ2) is 7.37. The monoisotopic (exact) mass is 246 g/mol. The van der Waals surface area contributed by atoms with Crippen molar-refractivity contribution in [2.75, 3.05) is 0 Å². The second-order valence-corrected chi connectivity index (χ2v) is 4.19. The van der Waals surface area contributed by atoms with E-state index in [4.69, 9.17) is 0 Å². The largest absolute Gasteiger partial charge is 0.277 e. The van der Waals surface area contributed by atoms with Gasteiger partial charge in [-0.1, -0.05) is 19.4 Å². The highest BCUT2D eigenvalue weighted by Gasteiger charge is 2.07. The maximum absolute atomic E-state index is 11.7. The van der Waals surface area contributed by atoms with E-state index in [2.05, 4.69) is 23.5 Å². The summed E-state index contributed by atoms with van der Waals surface area (Å²) in [6.07, 6.45) is 9.52. The normalized spacial score (nSPS) is 11.8. The quantitative estimate of drug-likeness (QED) is 0.482. The summed E-state index contributed by atoms with van der Waals surface area (Å²) in [5, 5.41) is 3.93. The summed E-state index contributed by atoms with van der Waals surface area (Å²) in [5.74, 6) is -0.203. The topological polar surface area (TPSA) is 45.3 Å². The van der Waals surface area contributed by atoms with Crippen LogP contribution in [-0.2, 0) is 7.05 Å². The number of nitrogens with zero attached hydrogens (tertiary/aromatic N) is 2. The molecular formula is C14H20N3O+. The van der Waals surface area contributed by atoms with Gasteiger partial charge in [-0.25, -0.2) is 9.99 Å². The van der Waals surface area contributed by atoms with Crippen LogP contribution in [0, 0.1) is 0 Å². The minimum atomic E-state index is -0.203. The molecular weight excluding hydrogens is 226 g/mol. The van der Waals surface area contributed by atoms with Gasteiger partial charge in [-0.05, 0) is 25.0 Å². The zero-order valence-electron chi connectivity index (χ0n) is 11.2. The molecule has 1 N–H and O–H groups in total. The minimum absolute atomic E-state index is 0.203. The predicted octanol–water partition coefficient (Wildman–Crippen LogP) is 1.97. The summed E-state index contributed by atoms with van der Waals surface area (Å²) in [5.41, 5.74) is 4.15. The SMILES string of the molecule is CCC/C=C(C)/C=N/NC(=O)c1ccc[n+](C)c1. The van der Waals surface area contributed by atoms with Crippen molar-refractivity contribution in [1.82, 2.24) is 5.43 Å². The smallest absolute Gasteiger partial charge is 0.267 e. The maximum atomic E-state index is 11.7. The number of rotatable bonds is 5. The van der Waals surface area contributed by atoms with Gasteiger partial charge in [-0.3, -0.25) is 4.79 Å². The molecule has 0 saturated carbocycles. The van der Waals surface area contributed by atoms with Crippen LogP contribution in [0.5, 0.6) is 0 Å². The first-order valence-electron chi connectivity index (χ1n) is 6.09. The molecule has 0 aliphatic heterocycles. The van der Waals surface area contributed by atoms with Gasteiger partial charge in [0.15, 0.2) is 12.4 Å². The number of amides is 1. The molecule has 0 aliphatic rings. The third-order valence-corrected chi connectivity index (χ3v) is 2.39. The van der Waals surface area contributed by atoms with E-state index in [1.165, 1.54) is 0 Å². The summed E-state index contributed by atoms with van der Waals surface area (Å²) in [6.45, 7) is 4.09. The molecule has 1 amide bonds. The Hall–Kier alpha value is -1.97. The molecule has 4 nitrogen and oxygen atoms in total. The van der Waals surface area contributed by atoms with Crippen LogP contribution >= 0.6 is 0 Å². The lowest BCUT2D eigenvalue weighted by molar-refractivity contribution is -0.671. The van der Waals surface area contributed by atoms with Gasteiger partial charge >= 0.3 is 0 Å². The first-order valence-corrected chi connectivity index (χ1v) is 6.09. The second-order valence-electron chi connectivity index (χ2n) is 4.19. The lowest BCUT2D eigenvalue weighted by Gasteiger charge is -1.98. The molecule has 0 bridgehead atoms. The Morgan fingerprint density at radius 3 is 3.00 bits per heavy atom. The molecule has 0 spiro atoms. The number of nitrogens with one attached hydrogen (secondary N) is 1. The molecule has 0 fully saturated rings. The van der Waals surface area contributed by atoms with Crippen molar-refractivity contribution in [3.05, 3.63) is 41.7 Å². The Morgan fingerprint density at radius 2 is 2.33 bits per heavy atom. The van der Waals surface area contributed by atoms with Crippen LogP contribution in [0.2, 0.25) is 0 Å². The average molecular weight is 246 g/mol. The number of hydrogen-bond donors (Lipinski definition) is 1. The minimum Gasteiger partial charge on any atom is -0.267 e. The van der Waals surface area contributed by atoms with Crippen molar-refractivity contribution in [3.8, 4) is 0 Å². The number of aryl methyl sites for hydroxylation is 1. The number of hydrogen-bond acceptors (Lipinski definition) is 2. The zero-order valence-corrected chi connectivity index (χ0v) is 11.2. The van der Waals surface area contributed by atoms with E-state index < -0.39 is 0 Å². The lowest BCUT2D eigenvalue weighted by Crippen LogP contribution is -2.29. The van der Waals surface area contributed by atoms with E-state index in [-0.39, 0.29) is 5.91 Å². The molecule has 0 atom stereocenters. The first-order chi connectivity index (χ1) is 8.63. The molecule has 1 heterocycles. The van der Waals surface area contributed by atoms with E-state index in [1.54, 1.807) is 18.5 Å². The Bertz CT molecular complexity index is 464. The molecule has 1 aromatic rings. The van der Waals surface area contributed by atoms with E-state index >= 15 is 0 Å². The standard InChI is InChI=1S/C14H19N3O/c1-4-5-7-12(2)10-15-16-14(18)13-8-6-9-17(3)11-13/h6-11H,4-5H2,1-3H3/p+1/b12-7+,15-10+. The zero-order chi connectivity index (χ0) is 13.4. The molecule has 18 heavy (non-hydrogen) atoms. The Labute approximate surface area is 108 Å². The number of aromatic nitrogens is 1. The van der Waals surface area contributed by atoms with Gasteiger partial charge in [0.1, 0.15) is 12.6 Å². The Kier molecular flexibility index (Phi) is 5.77. The Balaban J connectivity index is 2.54. The fraction of sp³-hybridized carbons (Fsp3) is 0.357.